The zero-order chi connectivity index (χ0) is 19.1. The van der Waals surface area contributed by atoms with Crippen LogP contribution in [0, 0.1) is 5.82 Å². The van der Waals surface area contributed by atoms with Crippen LogP contribution in [0.5, 0.6) is 0 Å². The second kappa shape index (κ2) is 9.48. The van der Waals surface area contributed by atoms with Crippen molar-refractivity contribution in [3.05, 3.63) is 71.0 Å². The van der Waals surface area contributed by atoms with Crippen molar-refractivity contribution in [1.29, 1.82) is 0 Å². The molecule has 1 atom stereocenters. The lowest BCUT2D eigenvalue weighted by atomic mass is 10.1. The van der Waals surface area contributed by atoms with Crippen LogP contribution in [-0.2, 0) is 13.1 Å². The summed E-state index contributed by atoms with van der Waals surface area (Å²) in [5.41, 5.74) is 2.73. The van der Waals surface area contributed by atoms with Crippen LogP contribution < -0.4 is 10.6 Å². The van der Waals surface area contributed by atoms with E-state index in [0.29, 0.717) is 12.1 Å². The minimum Gasteiger partial charge on any atom is -0.387 e. The molecule has 0 aliphatic carbocycles. The molecule has 2 aromatic carbocycles. The Labute approximate surface area is 159 Å². The van der Waals surface area contributed by atoms with Gasteiger partial charge in [-0.15, -0.1) is 0 Å². The van der Waals surface area contributed by atoms with E-state index in [9.17, 15) is 14.3 Å². The predicted octanol–water partition coefficient (Wildman–Crippen LogP) is 2.95. The third-order valence-corrected chi connectivity index (χ3v) is 4.77. The van der Waals surface area contributed by atoms with Gasteiger partial charge in [0.25, 0.3) is 0 Å². The third kappa shape index (κ3) is 6.05. The molecule has 27 heavy (non-hydrogen) atoms. The van der Waals surface area contributed by atoms with Crippen LogP contribution in [-0.4, -0.2) is 35.7 Å². The normalized spacial score (nSPS) is 15.5. The molecule has 0 spiro atoms. The van der Waals surface area contributed by atoms with Crippen LogP contribution in [0.1, 0.15) is 35.6 Å². The van der Waals surface area contributed by atoms with Gasteiger partial charge >= 0.3 is 6.03 Å². The monoisotopic (exact) mass is 371 g/mol. The quantitative estimate of drug-likeness (QED) is 0.701. The molecule has 3 rings (SSSR count). The zero-order valence-corrected chi connectivity index (χ0v) is 15.3. The second-order valence-electron chi connectivity index (χ2n) is 6.93. The smallest absolute Gasteiger partial charge is 0.315 e. The van der Waals surface area contributed by atoms with Gasteiger partial charge in [0.2, 0.25) is 0 Å². The van der Waals surface area contributed by atoms with Crippen LogP contribution >= 0.6 is 0 Å². The summed E-state index contributed by atoms with van der Waals surface area (Å²) >= 11 is 0. The number of carbonyl (C=O) groups excluding carboxylic acids is 1. The summed E-state index contributed by atoms with van der Waals surface area (Å²) in [4.78, 5) is 14.4. The van der Waals surface area contributed by atoms with Gasteiger partial charge < -0.3 is 15.7 Å². The molecular formula is C21H26FN3O2. The first-order valence-electron chi connectivity index (χ1n) is 9.35. The Morgan fingerprint density at radius 2 is 1.78 bits per heavy atom. The van der Waals surface area contributed by atoms with E-state index in [0.717, 1.165) is 12.1 Å². The highest BCUT2D eigenvalue weighted by Gasteiger charge is 2.12. The van der Waals surface area contributed by atoms with Crippen molar-refractivity contribution in [1.82, 2.24) is 15.5 Å². The Balaban J connectivity index is 1.39. The van der Waals surface area contributed by atoms with Crippen LogP contribution in [0.2, 0.25) is 0 Å². The second-order valence-corrected chi connectivity index (χ2v) is 6.93. The summed E-state index contributed by atoms with van der Waals surface area (Å²) < 4.78 is 13.2. The number of nitrogens with one attached hydrogen (secondary N) is 2. The first kappa shape index (κ1) is 19.3. The fourth-order valence-electron chi connectivity index (χ4n) is 3.23. The van der Waals surface area contributed by atoms with Gasteiger partial charge in [-0.2, -0.15) is 0 Å². The summed E-state index contributed by atoms with van der Waals surface area (Å²) in [7, 11) is 0. The lowest BCUT2D eigenvalue weighted by molar-refractivity contribution is 0.172. The van der Waals surface area contributed by atoms with Crippen LogP contribution in [0.15, 0.2) is 48.5 Å². The summed E-state index contributed by atoms with van der Waals surface area (Å²) in [6.45, 7) is 3.75. The SMILES string of the molecule is O=C(NCc1ccc(CN2CCCC2)cc1)NCC(O)c1cccc(F)c1. The molecule has 3 N–H and O–H groups in total. The molecule has 0 saturated carbocycles. The summed E-state index contributed by atoms with van der Waals surface area (Å²) in [5, 5.41) is 15.4. The Morgan fingerprint density at radius 1 is 1.07 bits per heavy atom. The summed E-state index contributed by atoms with van der Waals surface area (Å²) in [5.74, 6) is -0.413. The van der Waals surface area contributed by atoms with E-state index in [1.807, 2.05) is 12.1 Å². The van der Waals surface area contributed by atoms with E-state index in [-0.39, 0.29) is 12.6 Å². The van der Waals surface area contributed by atoms with Crippen molar-refractivity contribution in [3.63, 3.8) is 0 Å². The molecule has 0 bridgehead atoms. The van der Waals surface area contributed by atoms with Gasteiger partial charge in [-0.1, -0.05) is 36.4 Å². The topological polar surface area (TPSA) is 64.6 Å². The number of rotatable bonds is 7. The molecule has 0 aromatic heterocycles. The molecule has 0 radical (unpaired) electrons. The van der Waals surface area contributed by atoms with E-state index in [2.05, 4.69) is 27.7 Å². The van der Waals surface area contributed by atoms with Crippen molar-refractivity contribution >= 4 is 6.03 Å². The highest BCUT2D eigenvalue weighted by atomic mass is 19.1. The molecule has 5 nitrogen and oxygen atoms in total. The maximum atomic E-state index is 13.2. The fraction of sp³-hybridized carbons (Fsp3) is 0.381. The predicted molar refractivity (Wildman–Crippen MR) is 103 cm³/mol. The van der Waals surface area contributed by atoms with Gasteiger partial charge in [0.1, 0.15) is 5.82 Å². The fourth-order valence-corrected chi connectivity index (χ4v) is 3.23. The molecule has 2 aromatic rings. The Kier molecular flexibility index (Phi) is 6.79. The standard InChI is InChI=1S/C21H26FN3O2/c22-19-5-3-4-18(12-19)20(26)14-24-21(27)23-13-16-6-8-17(9-7-16)15-25-10-1-2-11-25/h3-9,12,20,26H,1-2,10-11,13-15H2,(H2,23,24,27). The molecule has 1 aliphatic heterocycles. The van der Waals surface area contributed by atoms with Crippen LogP contribution in [0.3, 0.4) is 0 Å². The van der Waals surface area contributed by atoms with Crippen LogP contribution in [0.4, 0.5) is 9.18 Å². The molecule has 144 valence electrons. The molecule has 6 heteroatoms. The number of halogens is 1. The van der Waals surface area contributed by atoms with Gasteiger partial charge in [-0.3, -0.25) is 4.90 Å². The highest BCUT2D eigenvalue weighted by Crippen LogP contribution is 2.14. The Morgan fingerprint density at radius 3 is 2.48 bits per heavy atom. The molecule has 1 heterocycles. The third-order valence-electron chi connectivity index (χ3n) is 4.77. The van der Waals surface area contributed by atoms with Gasteiger partial charge in [0.15, 0.2) is 0 Å². The summed E-state index contributed by atoms with van der Waals surface area (Å²) in [6, 6.07) is 13.6. The average Bonchev–Trinajstić information content (AvgIpc) is 3.18. The number of hydrogen-bond donors (Lipinski definition) is 3. The first-order chi connectivity index (χ1) is 13.1. The molecule has 1 aliphatic rings. The largest absolute Gasteiger partial charge is 0.387 e. The average molecular weight is 371 g/mol. The van der Waals surface area contributed by atoms with E-state index in [1.54, 1.807) is 6.07 Å². The minimum atomic E-state index is -0.948. The molecule has 1 fully saturated rings. The van der Waals surface area contributed by atoms with Crippen molar-refractivity contribution < 1.29 is 14.3 Å². The van der Waals surface area contributed by atoms with Crippen molar-refractivity contribution in [2.24, 2.45) is 0 Å². The zero-order valence-electron chi connectivity index (χ0n) is 15.3. The Hall–Kier alpha value is -2.44. The number of carbonyl (C=O) groups is 1. The number of aliphatic hydroxyl groups excluding tert-OH is 1. The van der Waals surface area contributed by atoms with E-state index in [1.165, 1.54) is 49.7 Å². The number of hydrogen-bond acceptors (Lipinski definition) is 3. The van der Waals surface area contributed by atoms with Gasteiger partial charge in [-0.25, -0.2) is 9.18 Å². The van der Waals surface area contributed by atoms with Crippen molar-refractivity contribution in [2.45, 2.75) is 32.0 Å². The van der Waals surface area contributed by atoms with Crippen molar-refractivity contribution in [3.8, 4) is 0 Å². The highest BCUT2D eigenvalue weighted by molar-refractivity contribution is 5.73. The molecule has 1 saturated heterocycles. The molecule has 1 unspecified atom stereocenters. The van der Waals surface area contributed by atoms with Crippen LogP contribution in [0.25, 0.3) is 0 Å². The van der Waals surface area contributed by atoms with Gasteiger partial charge in [0, 0.05) is 19.6 Å². The number of amides is 2. The first-order valence-corrected chi connectivity index (χ1v) is 9.35. The number of urea groups is 1. The lowest BCUT2D eigenvalue weighted by Gasteiger charge is -2.15. The van der Waals surface area contributed by atoms with E-state index >= 15 is 0 Å². The molecule has 2 amide bonds. The van der Waals surface area contributed by atoms with E-state index in [4.69, 9.17) is 0 Å². The van der Waals surface area contributed by atoms with Gasteiger partial charge in [0.05, 0.1) is 6.10 Å². The lowest BCUT2D eigenvalue weighted by Crippen LogP contribution is -2.37. The number of nitrogens with zero attached hydrogens (tertiary/aromatic N) is 1. The molecular weight excluding hydrogens is 345 g/mol. The minimum absolute atomic E-state index is 0.0179. The van der Waals surface area contributed by atoms with Gasteiger partial charge in [-0.05, 0) is 54.8 Å². The maximum Gasteiger partial charge on any atom is 0.315 e. The number of aliphatic hydroxyl groups is 1. The number of benzene rings is 2. The summed E-state index contributed by atoms with van der Waals surface area (Å²) in [6.07, 6.45) is 1.62. The maximum absolute atomic E-state index is 13.2. The Bertz CT molecular complexity index is 745. The number of likely N-dealkylation sites (tertiary alicyclic amines) is 1. The van der Waals surface area contributed by atoms with Crippen molar-refractivity contribution in [2.75, 3.05) is 19.6 Å². The van der Waals surface area contributed by atoms with E-state index < -0.39 is 11.9 Å².